The van der Waals surface area contributed by atoms with Gasteiger partial charge in [-0.05, 0) is 24.3 Å². The van der Waals surface area contributed by atoms with Crippen molar-refractivity contribution in [3.63, 3.8) is 0 Å². The average molecular weight is 367 g/mol. The number of nitrogens with one attached hydrogen (secondary N) is 1. The fourth-order valence-electron chi connectivity index (χ4n) is 2.96. The normalized spacial score (nSPS) is 16.5. The van der Waals surface area contributed by atoms with E-state index in [0.29, 0.717) is 13.1 Å². The highest BCUT2D eigenvalue weighted by molar-refractivity contribution is 5.99. The number of nitrogens with zero attached hydrogens (tertiary/aromatic N) is 2. The van der Waals surface area contributed by atoms with Gasteiger partial charge >= 0.3 is 18.0 Å². The molecule has 1 fully saturated rings. The maximum atomic E-state index is 13.3. The molecule has 1 saturated heterocycles. The van der Waals surface area contributed by atoms with E-state index in [1.54, 1.807) is 9.80 Å². The largest absolute Gasteiger partial charge is 0.392 e. The van der Waals surface area contributed by atoms with E-state index in [4.69, 9.17) is 0 Å². The van der Waals surface area contributed by atoms with Crippen molar-refractivity contribution in [1.82, 2.24) is 10.2 Å². The topological polar surface area (TPSA) is 79.0 Å². The van der Waals surface area contributed by atoms with Crippen molar-refractivity contribution in [2.45, 2.75) is 13.0 Å². The van der Waals surface area contributed by atoms with Crippen LogP contribution in [0.15, 0.2) is 60.7 Å². The summed E-state index contributed by atoms with van der Waals surface area (Å²) < 4.78 is 4.66. The molecule has 1 aliphatic heterocycles. The first-order chi connectivity index (χ1) is 13.1. The fraction of sp³-hybridized carbons (Fsp3) is 0.250. The van der Waals surface area contributed by atoms with Crippen molar-refractivity contribution in [2.24, 2.45) is 0 Å². The molecule has 0 radical (unpaired) electrons. The Bertz CT molecular complexity index is 771. The van der Waals surface area contributed by atoms with Crippen LogP contribution in [0, 0.1) is 0 Å². The summed E-state index contributed by atoms with van der Waals surface area (Å²) in [7, 11) is 0. The molecule has 3 rings (SSSR count). The van der Waals surface area contributed by atoms with Gasteiger partial charge in [0.1, 0.15) is 6.04 Å². The SMILES string of the molecule is CC(=O)OC(=O)[C@@H]1CN(C(=O)N(c2ccccc2)c2ccccc2)CCN1. The van der Waals surface area contributed by atoms with Gasteiger partial charge in [-0.1, -0.05) is 36.4 Å². The number of rotatable bonds is 3. The lowest BCUT2D eigenvalue weighted by atomic mass is 10.2. The lowest BCUT2D eigenvalue weighted by Crippen LogP contribution is -2.58. The summed E-state index contributed by atoms with van der Waals surface area (Å²) in [6, 6.07) is 17.7. The number of para-hydroxylation sites is 2. The summed E-state index contributed by atoms with van der Waals surface area (Å²) in [6.07, 6.45) is 0. The number of esters is 2. The van der Waals surface area contributed by atoms with Gasteiger partial charge in [0, 0.05) is 26.6 Å². The molecule has 1 aliphatic rings. The van der Waals surface area contributed by atoms with Gasteiger partial charge in [-0.15, -0.1) is 0 Å². The van der Waals surface area contributed by atoms with Crippen LogP contribution in [0.25, 0.3) is 0 Å². The zero-order chi connectivity index (χ0) is 19.2. The predicted octanol–water partition coefficient (Wildman–Crippen LogP) is 2.31. The van der Waals surface area contributed by atoms with Crippen LogP contribution in [0.4, 0.5) is 16.2 Å². The molecule has 0 aliphatic carbocycles. The molecule has 0 spiro atoms. The van der Waals surface area contributed by atoms with E-state index in [9.17, 15) is 14.4 Å². The third-order valence-electron chi connectivity index (χ3n) is 4.19. The maximum Gasteiger partial charge on any atom is 0.332 e. The molecule has 0 unspecified atom stereocenters. The lowest BCUT2D eigenvalue weighted by Gasteiger charge is -2.36. The molecular weight excluding hydrogens is 346 g/mol. The molecule has 140 valence electrons. The number of amides is 2. The second-order valence-corrected chi connectivity index (χ2v) is 6.15. The molecule has 7 nitrogen and oxygen atoms in total. The highest BCUT2D eigenvalue weighted by atomic mass is 16.6. The number of piperazine rings is 1. The summed E-state index contributed by atoms with van der Waals surface area (Å²) in [5, 5.41) is 2.99. The van der Waals surface area contributed by atoms with Crippen LogP contribution in [0.5, 0.6) is 0 Å². The van der Waals surface area contributed by atoms with Gasteiger partial charge in [0.15, 0.2) is 0 Å². The van der Waals surface area contributed by atoms with E-state index in [0.717, 1.165) is 11.4 Å². The summed E-state index contributed by atoms with van der Waals surface area (Å²) in [5.74, 6) is -1.34. The maximum absolute atomic E-state index is 13.3. The lowest BCUT2D eigenvalue weighted by molar-refractivity contribution is -0.160. The second-order valence-electron chi connectivity index (χ2n) is 6.15. The summed E-state index contributed by atoms with van der Waals surface area (Å²) in [5.41, 5.74) is 1.46. The van der Waals surface area contributed by atoms with Gasteiger partial charge < -0.3 is 15.0 Å². The highest BCUT2D eigenvalue weighted by Gasteiger charge is 2.32. The van der Waals surface area contributed by atoms with Crippen molar-refractivity contribution in [1.29, 1.82) is 0 Å². The van der Waals surface area contributed by atoms with E-state index in [-0.39, 0.29) is 12.6 Å². The monoisotopic (exact) mass is 367 g/mol. The van der Waals surface area contributed by atoms with Crippen LogP contribution in [0.2, 0.25) is 0 Å². The average Bonchev–Trinajstić information content (AvgIpc) is 2.69. The first-order valence-electron chi connectivity index (χ1n) is 8.71. The van der Waals surface area contributed by atoms with Gasteiger partial charge in [-0.25, -0.2) is 9.59 Å². The molecule has 2 amide bonds. The van der Waals surface area contributed by atoms with Gasteiger partial charge in [-0.3, -0.25) is 9.69 Å². The van der Waals surface area contributed by atoms with Crippen LogP contribution < -0.4 is 10.2 Å². The van der Waals surface area contributed by atoms with E-state index >= 15 is 0 Å². The summed E-state index contributed by atoms with van der Waals surface area (Å²) in [6.45, 7) is 2.18. The number of urea groups is 1. The van der Waals surface area contributed by atoms with Crippen molar-refractivity contribution >= 4 is 29.3 Å². The Morgan fingerprint density at radius 3 is 2.07 bits per heavy atom. The molecule has 0 saturated carbocycles. The molecule has 2 aromatic rings. The molecule has 2 aromatic carbocycles. The minimum Gasteiger partial charge on any atom is -0.392 e. The molecule has 7 heteroatoms. The zero-order valence-corrected chi connectivity index (χ0v) is 15.0. The molecule has 1 atom stereocenters. The Hall–Kier alpha value is -3.19. The minimum absolute atomic E-state index is 0.126. The number of anilines is 2. The van der Waals surface area contributed by atoms with Crippen LogP contribution >= 0.6 is 0 Å². The van der Waals surface area contributed by atoms with Crippen LogP contribution in [0.3, 0.4) is 0 Å². The highest BCUT2D eigenvalue weighted by Crippen LogP contribution is 2.26. The second kappa shape index (κ2) is 8.46. The third-order valence-corrected chi connectivity index (χ3v) is 4.19. The fourth-order valence-corrected chi connectivity index (χ4v) is 2.96. The third kappa shape index (κ3) is 4.51. The van der Waals surface area contributed by atoms with Gasteiger partial charge in [-0.2, -0.15) is 0 Å². The van der Waals surface area contributed by atoms with Crippen LogP contribution in [-0.4, -0.2) is 48.5 Å². The zero-order valence-electron chi connectivity index (χ0n) is 15.0. The number of benzene rings is 2. The summed E-state index contributed by atoms with van der Waals surface area (Å²) >= 11 is 0. The van der Waals surface area contributed by atoms with Crippen molar-refractivity contribution < 1.29 is 19.1 Å². The van der Waals surface area contributed by atoms with Crippen molar-refractivity contribution in [3.8, 4) is 0 Å². The first kappa shape index (κ1) is 18.6. The Balaban J connectivity index is 1.84. The quantitative estimate of drug-likeness (QED) is 0.665. The molecular formula is C20H21N3O4. The number of hydrogen-bond acceptors (Lipinski definition) is 5. The smallest absolute Gasteiger partial charge is 0.332 e. The Morgan fingerprint density at radius 1 is 1.00 bits per heavy atom. The summed E-state index contributed by atoms with van der Waals surface area (Å²) in [4.78, 5) is 39.6. The molecule has 0 aromatic heterocycles. The van der Waals surface area contributed by atoms with Gasteiger partial charge in [0.05, 0.1) is 11.4 Å². The number of carbonyl (C=O) groups excluding carboxylic acids is 3. The number of ether oxygens (including phenoxy) is 1. The van der Waals surface area contributed by atoms with Gasteiger partial charge in [0.2, 0.25) is 0 Å². The molecule has 1 heterocycles. The van der Waals surface area contributed by atoms with E-state index in [1.807, 2.05) is 60.7 Å². The van der Waals surface area contributed by atoms with Gasteiger partial charge in [0.25, 0.3) is 0 Å². The Labute approximate surface area is 157 Å². The van der Waals surface area contributed by atoms with Crippen molar-refractivity contribution in [2.75, 3.05) is 24.5 Å². The Kier molecular flexibility index (Phi) is 5.83. The molecule has 27 heavy (non-hydrogen) atoms. The van der Waals surface area contributed by atoms with E-state index in [1.165, 1.54) is 6.92 Å². The van der Waals surface area contributed by atoms with E-state index in [2.05, 4.69) is 10.1 Å². The number of carbonyl (C=O) groups is 3. The molecule has 0 bridgehead atoms. The Morgan fingerprint density at radius 2 is 1.56 bits per heavy atom. The minimum atomic E-state index is -0.736. The standard InChI is InChI=1S/C20H21N3O4/c1-15(24)27-19(25)18-14-22(13-12-21-18)20(26)23(16-8-4-2-5-9-16)17-10-6-3-7-11-17/h2-11,18,21H,12-14H2,1H3/t18-/m0/s1. The van der Waals surface area contributed by atoms with Crippen LogP contribution in [0.1, 0.15) is 6.92 Å². The predicted molar refractivity (Wildman–Crippen MR) is 101 cm³/mol. The van der Waals surface area contributed by atoms with Crippen LogP contribution in [-0.2, 0) is 14.3 Å². The van der Waals surface area contributed by atoms with Crippen molar-refractivity contribution in [3.05, 3.63) is 60.7 Å². The van der Waals surface area contributed by atoms with E-state index < -0.39 is 18.0 Å². The molecule has 1 N–H and O–H groups in total. The number of hydrogen-bond donors (Lipinski definition) is 1. The first-order valence-corrected chi connectivity index (χ1v) is 8.71.